The van der Waals surface area contributed by atoms with Crippen LogP contribution in [-0.4, -0.2) is 38.5 Å². The lowest BCUT2D eigenvalue weighted by molar-refractivity contribution is -0.384. The van der Waals surface area contributed by atoms with Gasteiger partial charge in [-0.1, -0.05) is 12.2 Å². The van der Waals surface area contributed by atoms with Crippen molar-refractivity contribution in [3.05, 3.63) is 69.8 Å². The first-order valence-electron chi connectivity index (χ1n) is 9.96. The van der Waals surface area contributed by atoms with Gasteiger partial charge in [0.2, 0.25) is 5.75 Å². The van der Waals surface area contributed by atoms with E-state index in [1.54, 1.807) is 45.6 Å². The first-order chi connectivity index (χ1) is 16.4. The number of nitro benzene ring substituents is 1. The smallest absolute Gasteiger partial charge is 0.269 e. The number of phenolic OH excluding ortho intramolecular Hbond substituents is 1. The predicted octanol–water partition coefficient (Wildman–Crippen LogP) is 5.62. The second-order valence-corrected chi connectivity index (χ2v) is 7.75. The Morgan fingerprint density at radius 1 is 0.853 bits per heavy atom. The SMILES string of the molecule is COc1cc(/C=C\c2cc(OC)c(OC)c(OC)c2)cc(NSc2ccc([N+](=O)[O-])cc2)c1O. The Hall–Kier alpha value is -4.05. The molecule has 3 aromatic rings. The number of nitrogens with one attached hydrogen (secondary N) is 1. The number of ether oxygens (including phenoxy) is 4. The fourth-order valence-corrected chi connectivity index (χ4v) is 3.75. The maximum Gasteiger partial charge on any atom is 0.269 e. The van der Waals surface area contributed by atoms with Crippen molar-refractivity contribution in [1.29, 1.82) is 0 Å². The molecule has 3 aromatic carbocycles. The van der Waals surface area contributed by atoms with E-state index in [-0.39, 0.29) is 11.4 Å². The quantitative estimate of drug-likeness (QED) is 0.124. The Morgan fingerprint density at radius 2 is 1.38 bits per heavy atom. The van der Waals surface area contributed by atoms with Crippen LogP contribution in [0.2, 0.25) is 0 Å². The van der Waals surface area contributed by atoms with E-state index in [9.17, 15) is 15.2 Å². The number of nitrogens with zero attached hydrogens (tertiary/aromatic N) is 1. The number of hydrogen-bond donors (Lipinski definition) is 2. The summed E-state index contributed by atoms with van der Waals surface area (Å²) in [6.07, 6.45) is 3.72. The van der Waals surface area contributed by atoms with E-state index in [0.29, 0.717) is 28.7 Å². The van der Waals surface area contributed by atoms with Gasteiger partial charge >= 0.3 is 0 Å². The second-order valence-electron chi connectivity index (χ2n) is 6.87. The molecule has 34 heavy (non-hydrogen) atoms. The van der Waals surface area contributed by atoms with Crippen LogP contribution in [0, 0.1) is 10.1 Å². The van der Waals surface area contributed by atoms with Crippen molar-refractivity contribution in [1.82, 2.24) is 0 Å². The topological polar surface area (TPSA) is 112 Å². The van der Waals surface area contributed by atoms with Crippen LogP contribution in [-0.2, 0) is 0 Å². The fourth-order valence-electron chi connectivity index (χ4n) is 3.10. The van der Waals surface area contributed by atoms with E-state index in [1.165, 1.54) is 31.2 Å². The van der Waals surface area contributed by atoms with Crippen molar-refractivity contribution in [3.63, 3.8) is 0 Å². The summed E-state index contributed by atoms with van der Waals surface area (Å²) in [6, 6.07) is 13.2. The molecule has 0 aliphatic heterocycles. The van der Waals surface area contributed by atoms with Gasteiger partial charge < -0.3 is 28.8 Å². The summed E-state index contributed by atoms with van der Waals surface area (Å²) < 4.78 is 24.5. The number of phenols is 1. The number of anilines is 1. The highest BCUT2D eigenvalue weighted by atomic mass is 32.2. The Bertz CT molecular complexity index is 1170. The molecule has 0 bridgehead atoms. The second kappa shape index (κ2) is 11.2. The van der Waals surface area contributed by atoms with Crippen LogP contribution in [0.5, 0.6) is 28.7 Å². The highest BCUT2D eigenvalue weighted by Crippen LogP contribution is 2.40. The number of aromatic hydroxyl groups is 1. The number of nitro groups is 1. The van der Waals surface area contributed by atoms with Crippen LogP contribution in [0.4, 0.5) is 11.4 Å². The van der Waals surface area contributed by atoms with Gasteiger partial charge in [-0.2, -0.15) is 0 Å². The van der Waals surface area contributed by atoms with Crippen molar-refractivity contribution in [2.45, 2.75) is 4.90 Å². The molecule has 0 aliphatic carbocycles. The summed E-state index contributed by atoms with van der Waals surface area (Å²) in [4.78, 5) is 11.1. The standard InChI is InChI=1S/C24H24N2O7S/c1-30-20-12-15(5-6-16-13-21(31-2)24(33-4)22(14-16)32-3)11-19(23(20)27)25-34-18-9-7-17(8-10-18)26(28)29/h5-14,25,27H,1-4H3/b6-5-. The molecule has 0 heterocycles. The molecule has 0 saturated heterocycles. The number of rotatable bonds is 10. The Balaban J connectivity index is 1.86. The third-order valence-corrected chi connectivity index (χ3v) is 5.63. The van der Waals surface area contributed by atoms with Gasteiger partial charge in [-0.15, -0.1) is 0 Å². The zero-order valence-electron chi connectivity index (χ0n) is 19.0. The highest BCUT2D eigenvalue weighted by Gasteiger charge is 2.13. The van der Waals surface area contributed by atoms with Crippen molar-refractivity contribution >= 4 is 35.5 Å². The number of methoxy groups -OCH3 is 4. The Morgan fingerprint density at radius 3 is 1.88 bits per heavy atom. The van der Waals surface area contributed by atoms with E-state index >= 15 is 0 Å². The zero-order valence-corrected chi connectivity index (χ0v) is 19.8. The summed E-state index contributed by atoms with van der Waals surface area (Å²) in [7, 11) is 6.11. The average molecular weight is 485 g/mol. The molecule has 9 nitrogen and oxygen atoms in total. The van der Waals surface area contributed by atoms with Gasteiger partial charge in [-0.05, 0) is 59.5 Å². The third-order valence-electron chi connectivity index (χ3n) is 4.80. The van der Waals surface area contributed by atoms with Crippen molar-refractivity contribution < 1.29 is 29.0 Å². The van der Waals surface area contributed by atoms with Crippen molar-refractivity contribution in [3.8, 4) is 28.7 Å². The molecule has 2 N–H and O–H groups in total. The van der Waals surface area contributed by atoms with E-state index in [2.05, 4.69) is 4.72 Å². The first kappa shape index (κ1) is 24.6. The first-order valence-corrected chi connectivity index (χ1v) is 10.8. The third kappa shape index (κ3) is 5.65. The van der Waals surface area contributed by atoms with Crippen LogP contribution in [0.3, 0.4) is 0 Å². The number of hydrogen-bond acceptors (Lipinski definition) is 9. The van der Waals surface area contributed by atoms with Gasteiger partial charge in [0.15, 0.2) is 23.0 Å². The average Bonchev–Trinajstić information content (AvgIpc) is 2.86. The van der Waals surface area contributed by atoms with Gasteiger partial charge in [-0.3, -0.25) is 10.1 Å². The molecule has 0 aliphatic rings. The van der Waals surface area contributed by atoms with Gasteiger partial charge in [0, 0.05) is 17.0 Å². The zero-order chi connectivity index (χ0) is 24.7. The van der Waals surface area contributed by atoms with Crippen molar-refractivity contribution in [2.24, 2.45) is 0 Å². The molecule has 0 fully saturated rings. The Kier molecular flexibility index (Phi) is 8.10. The lowest BCUT2D eigenvalue weighted by atomic mass is 10.1. The summed E-state index contributed by atoms with van der Waals surface area (Å²) >= 11 is 1.21. The lowest BCUT2D eigenvalue weighted by Gasteiger charge is -2.13. The van der Waals surface area contributed by atoms with Gasteiger partial charge in [0.05, 0.1) is 39.0 Å². The predicted molar refractivity (Wildman–Crippen MR) is 132 cm³/mol. The van der Waals surface area contributed by atoms with E-state index in [4.69, 9.17) is 18.9 Å². The Labute approximate surface area is 201 Å². The molecular weight excluding hydrogens is 460 g/mol. The molecule has 10 heteroatoms. The van der Waals surface area contributed by atoms with Crippen LogP contribution >= 0.6 is 11.9 Å². The van der Waals surface area contributed by atoms with Crippen molar-refractivity contribution in [2.75, 3.05) is 33.2 Å². The van der Waals surface area contributed by atoms with E-state index in [0.717, 1.165) is 16.0 Å². The van der Waals surface area contributed by atoms with Crippen LogP contribution < -0.4 is 23.7 Å². The minimum absolute atomic E-state index is 0.00722. The minimum atomic E-state index is -0.456. The summed E-state index contributed by atoms with van der Waals surface area (Å²) in [5.41, 5.74) is 2.01. The van der Waals surface area contributed by atoms with Crippen LogP contribution in [0.25, 0.3) is 12.2 Å². The monoisotopic (exact) mass is 484 g/mol. The molecule has 0 amide bonds. The molecule has 178 valence electrons. The minimum Gasteiger partial charge on any atom is -0.503 e. The van der Waals surface area contributed by atoms with E-state index < -0.39 is 4.92 Å². The summed E-state index contributed by atoms with van der Waals surface area (Å²) in [5.74, 6) is 1.81. The van der Waals surface area contributed by atoms with E-state index in [1.807, 2.05) is 24.3 Å². The van der Waals surface area contributed by atoms with Gasteiger partial charge in [-0.25, -0.2) is 0 Å². The molecule has 0 aromatic heterocycles. The van der Waals surface area contributed by atoms with Crippen LogP contribution in [0.1, 0.15) is 11.1 Å². The molecule has 0 atom stereocenters. The maximum absolute atomic E-state index is 10.8. The van der Waals surface area contributed by atoms with Crippen LogP contribution in [0.15, 0.2) is 53.4 Å². The summed E-state index contributed by atoms with van der Waals surface area (Å²) in [6.45, 7) is 0. The largest absolute Gasteiger partial charge is 0.503 e. The normalized spacial score (nSPS) is 10.7. The molecule has 0 unspecified atom stereocenters. The molecule has 0 spiro atoms. The fraction of sp³-hybridized carbons (Fsp3) is 0.167. The van der Waals surface area contributed by atoms with Gasteiger partial charge in [0.1, 0.15) is 0 Å². The van der Waals surface area contributed by atoms with Gasteiger partial charge in [0.25, 0.3) is 5.69 Å². The lowest BCUT2D eigenvalue weighted by Crippen LogP contribution is -1.95. The maximum atomic E-state index is 10.8. The highest BCUT2D eigenvalue weighted by molar-refractivity contribution is 8.00. The number of non-ortho nitro benzene ring substituents is 1. The summed E-state index contributed by atoms with van der Waals surface area (Å²) in [5, 5.41) is 21.3. The molecular formula is C24H24N2O7S. The molecule has 0 radical (unpaired) electrons. The molecule has 0 saturated carbocycles. The number of benzene rings is 3. The molecule has 3 rings (SSSR count).